The Labute approximate surface area is 119 Å². The minimum Gasteiger partial charge on any atom is -0.496 e. The number of carbonyl (C=O) groups is 1. The number of carbonyl (C=O) groups excluding carboxylic acids is 1. The van der Waals surface area contributed by atoms with Gasteiger partial charge in [0.05, 0.1) is 19.2 Å². The third-order valence-corrected chi connectivity index (χ3v) is 3.34. The van der Waals surface area contributed by atoms with Crippen molar-refractivity contribution < 1.29 is 9.53 Å². The van der Waals surface area contributed by atoms with E-state index in [0.29, 0.717) is 11.3 Å². The molecular weight excluding hydrogens is 250 g/mol. The average molecular weight is 269 g/mol. The van der Waals surface area contributed by atoms with Gasteiger partial charge < -0.3 is 10.1 Å². The van der Waals surface area contributed by atoms with Crippen molar-refractivity contribution in [1.82, 2.24) is 0 Å². The van der Waals surface area contributed by atoms with Gasteiger partial charge in [-0.1, -0.05) is 18.2 Å². The fourth-order valence-electron chi connectivity index (χ4n) is 2.01. The molecule has 3 nitrogen and oxygen atoms in total. The summed E-state index contributed by atoms with van der Waals surface area (Å²) in [7, 11) is 1.59. The minimum absolute atomic E-state index is 0.0220. The highest BCUT2D eigenvalue weighted by atomic mass is 16.5. The quantitative estimate of drug-likeness (QED) is 0.843. The molecule has 0 saturated carbocycles. The second-order valence-corrected chi connectivity index (χ2v) is 4.78. The molecule has 0 heterocycles. The number of nitrogens with one attached hydrogen (secondary N) is 1. The Hall–Kier alpha value is -2.29. The van der Waals surface area contributed by atoms with Crippen molar-refractivity contribution in [2.45, 2.75) is 13.8 Å². The first-order valence-electron chi connectivity index (χ1n) is 6.59. The maximum atomic E-state index is 12.3. The smallest absolute Gasteiger partial charge is 0.185 e. The number of Topliss-reactive ketones (excluding diaryl/α,β-unsaturated/α-hetero) is 1. The van der Waals surface area contributed by atoms with Crippen molar-refractivity contribution in [3.63, 3.8) is 0 Å². The summed E-state index contributed by atoms with van der Waals surface area (Å²) >= 11 is 0. The van der Waals surface area contributed by atoms with Gasteiger partial charge in [-0.2, -0.15) is 0 Å². The highest BCUT2D eigenvalue weighted by Crippen LogP contribution is 2.23. The van der Waals surface area contributed by atoms with Crippen molar-refractivity contribution in [2.75, 3.05) is 19.0 Å². The highest BCUT2D eigenvalue weighted by molar-refractivity contribution is 6.01. The number of anilines is 1. The monoisotopic (exact) mass is 269 g/mol. The number of benzene rings is 2. The lowest BCUT2D eigenvalue weighted by molar-refractivity contribution is 0.100. The summed E-state index contributed by atoms with van der Waals surface area (Å²) in [5, 5.41) is 3.12. The molecule has 2 rings (SSSR count). The summed E-state index contributed by atoms with van der Waals surface area (Å²) in [6.07, 6.45) is 0. The molecule has 0 unspecified atom stereocenters. The molecule has 20 heavy (non-hydrogen) atoms. The zero-order valence-corrected chi connectivity index (χ0v) is 12.1. The van der Waals surface area contributed by atoms with Crippen LogP contribution in [0, 0.1) is 13.8 Å². The van der Waals surface area contributed by atoms with E-state index in [-0.39, 0.29) is 12.3 Å². The zero-order valence-electron chi connectivity index (χ0n) is 12.1. The Balaban J connectivity index is 2.15. The Kier molecular flexibility index (Phi) is 4.41. The van der Waals surface area contributed by atoms with Crippen LogP contribution in [0.2, 0.25) is 0 Å². The molecule has 0 atom stereocenters. The van der Waals surface area contributed by atoms with Gasteiger partial charge in [0.1, 0.15) is 5.75 Å². The first-order chi connectivity index (χ1) is 9.61. The topological polar surface area (TPSA) is 38.3 Å². The van der Waals surface area contributed by atoms with Crippen LogP contribution in [0.25, 0.3) is 0 Å². The van der Waals surface area contributed by atoms with E-state index >= 15 is 0 Å². The van der Waals surface area contributed by atoms with Gasteiger partial charge in [-0.15, -0.1) is 0 Å². The molecule has 1 N–H and O–H groups in total. The number of ketones is 1. The fraction of sp³-hybridized carbons (Fsp3) is 0.235. The summed E-state index contributed by atoms with van der Waals surface area (Å²) < 4.78 is 5.31. The SMILES string of the molecule is COc1cc(C)c(C)cc1C(=O)CNc1ccccc1. The summed E-state index contributed by atoms with van der Waals surface area (Å²) in [4.78, 5) is 12.3. The zero-order chi connectivity index (χ0) is 14.5. The molecule has 0 bridgehead atoms. The molecular formula is C17H19NO2. The predicted octanol–water partition coefficient (Wildman–Crippen LogP) is 3.61. The summed E-state index contributed by atoms with van der Waals surface area (Å²) in [6, 6.07) is 13.5. The number of methoxy groups -OCH3 is 1. The fourth-order valence-corrected chi connectivity index (χ4v) is 2.01. The molecule has 0 aliphatic carbocycles. The van der Waals surface area contributed by atoms with Gasteiger partial charge >= 0.3 is 0 Å². The van der Waals surface area contributed by atoms with E-state index < -0.39 is 0 Å². The molecule has 0 radical (unpaired) electrons. The van der Waals surface area contributed by atoms with Crippen molar-refractivity contribution in [3.05, 3.63) is 59.2 Å². The molecule has 0 fully saturated rings. The van der Waals surface area contributed by atoms with Crippen LogP contribution in [0.1, 0.15) is 21.5 Å². The summed E-state index contributed by atoms with van der Waals surface area (Å²) in [5.74, 6) is 0.654. The number of rotatable bonds is 5. The molecule has 0 saturated heterocycles. The normalized spacial score (nSPS) is 10.2. The molecule has 2 aromatic rings. The van der Waals surface area contributed by atoms with Crippen LogP contribution in [0.5, 0.6) is 5.75 Å². The number of hydrogen-bond donors (Lipinski definition) is 1. The standard InChI is InChI=1S/C17H19NO2/c1-12-9-15(17(20-3)10-13(12)2)16(19)11-18-14-7-5-4-6-8-14/h4-10,18H,11H2,1-3H3. The van der Waals surface area contributed by atoms with Crippen LogP contribution in [0.3, 0.4) is 0 Å². The van der Waals surface area contributed by atoms with E-state index in [2.05, 4.69) is 5.32 Å². The summed E-state index contributed by atoms with van der Waals surface area (Å²) in [6.45, 7) is 4.26. The van der Waals surface area contributed by atoms with E-state index in [1.54, 1.807) is 7.11 Å². The van der Waals surface area contributed by atoms with Crippen LogP contribution >= 0.6 is 0 Å². The van der Waals surface area contributed by atoms with Crippen molar-refractivity contribution in [1.29, 1.82) is 0 Å². The van der Waals surface area contributed by atoms with Gasteiger partial charge in [-0.05, 0) is 49.2 Å². The van der Waals surface area contributed by atoms with E-state index in [0.717, 1.165) is 16.8 Å². The predicted molar refractivity (Wildman–Crippen MR) is 81.7 cm³/mol. The molecule has 3 heteroatoms. The lowest BCUT2D eigenvalue weighted by atomic mass is 10.0. The Morgan fingerprint density at radius 3 is 2.40 bits per heavy atom. The van der Waals surface area contributed by atoms with E-state index in [9.17, 15) is 4.79 Å². The first kappa shape index (κ1) is 14.1. The van der Waals surface area contributed by atoms with Crippen molar-refractivity contribution in [3.8, 4) is 5.75 Å². The van der Waals surface area contributed by atoms with E-state index in [4.69, 9.17) is 4.74 Å². The Morgan fingerprint density at radius 1 is 1.10 bits per heavy atom. The third-order valence-electron chi connectivity index (χ3n) is 3.34. The Bertz CT molecular complexity index is 606. The van der Waals surface area contributed by atoms with Crippen LogP contribution in [0.4, 0.5) is 5.69 Å². The van der Waals surface area contributed by atoms with Crippen LogP contribution < -0.4 is 10.1 Å². The van der Waals surface area contributed by atoms with Gasteiger partial charge in [0.2, 0.25) is 0 Å². The molecule has 0 aliphatic heterocycles. The van der Waals surface area contributed by atoms with Gasteiger partial charge in [0.15, 0.2) is 5.78 Å². The largest absolute Gasteiger partial charge is 0.496 e. The van der Waals surface area contributed by atoms with Crippen LogP contribution in [-0.4, -0.2) is 19.4 Å². The number of aryl methyl sites for hydroxylation is 2. The molecule has 0 aromatic heterocycles. The lowest BCUT2D eigenvalue weighted by Gasteiger charge is -2.12. The molecule has 0 aliphatic rings. The lowest BCUT2D eigenvalue weighted by Crippen LogP contribution is -2.15. The first-order valence-corrected chi connectivity index (χ1v) is 6.59. The van der Waals surface area contributed by atoms with Gasteiger partial charge in [0, 0.05) is 5.69 Å². The van der Waals surface area contributed by atoms with Crippen molar-refractivity contribution >= 4 is 11.5 Å². The van der Waals surface area contributed by atoms with Crippen molar-refractivity contribution in [2.24, 2.45) is 0 Å². The van der Waals surface area contributed by atoms with E-state index in [1.807, 2.05) is 56.3 Å². The Morgan fingerprint density at radius 2 is 1.75 bits per heavy atom. The summed E-state index contributed by atoms with van der Waals surface area (Å²) in [5.41, 5.74) is 3.77. The second kappa shape index (κ2) is 6.24. The number of hydrogen-bond acceptors (Lipinski definition) is 3. The number of ether oxygens (including phenoxy) is 1. The van der Waals surface area contributed by atoms with Gasteiger partial charge in [-0.25, -0.2) is 0 Å². The minimum atomic E-state index is 0.0220. The molecule has 104 valence electrons. The maximum Gasteiger partial charge on any atom is 0.185 e. The van der Waals surface area contributed by atoms with Gasteiger partial charge in [0.25, 0.3) is 0 Å². The second-order valence-electron chi connectivity index (χ2n) is 4.78. The third kappa shape index (κ3) is 3.18. The van der Waals surface area contributed by atoms with Crippen LogP contribution in [-0.2, 0) is 0 Å². The highest BCUT2D eigenvalue weighted by Gasteiger charge is 2.13. The molecule has 0 spiro atoms. The van der Waals surface area contributed by atoms with Crippen LogP contribution in [0.15, 0.2) is 42.5 Å². The molecule has 2 aromatic carbocycles. The average Bonchev–Trinajstić information content (AvgIpc) is 2.48. The molecule has 0 amide bonds. The van der Waals surface area contributed by atoms with E-state index in [1.165, 1.54) is 0 Å². The van der Waals surface area contributed by atoms with Gasteiger partial charge in [-0.3, -0.25) is 4.79 Å². The maximum absolute atomic E-state index is 12.3. The number of para-hydroxylation sites is 1.